The molecule has 1 aromatic carbocycles. The van der Waals surface area contributed by atoms with Crippen LogP contribution in [-0.2, 0) is 4.74 Å². The smallest absolute Gasteiger partial charge is 0.123 e. The molecular weight excluding hydrogens is 266 g/mol. The molecular formula is C11H19Cl2FN2O. The van der Waals surface area contributed by atoms with E-state index in [-0.39, 0.29) is 30.6 Å². The van der Waals surface area contributed by atoms with E-state index in [2.05, 4.69) is 10.6 Å². The molecule has 0 aliphatic rings. The number of benzene rings is 1. The Morgan fingerprint density at radius 3 is 2.29 bits per heavy atom. The number of methoxy groups -OCH3 is 1. The number of nitrogens with one attached hydrogen (secondary N) is 2. The predicted octanol–water partition coefficient (Wildman–Crippen LogP) is 2.32. The summed E-state index contributed by atoms with van der Waals surface area (Å²) < 4.78 is 17.5. The molecule has 0 bridgehead atoms. The lowest BCUT2D eigenvalue weighted by Crippen LogP contribution is -2.25. The minimum Gasteiger partial charge on any atom is -0.384 e. The summed E-state index contributed by atoms with van der Waals surface area (Å²) in [6, 6.07) is 6.34. The van der Waals surface area contributed by atoms with Crippen molar-refractivity contribution in [2.45, 2.75) is 0 Å². The van der Waals surface area contributed by atoms with Gasteiger partial charge in [-0.05, 0) is 24.3 Å². The maximum absolute atomic E-state index is 12.6. The fourth-order valence-electron chi connectivity index (χ4n) is 1.16. The van der Waals surface area contributed by atoms with Gasteiger partial charge in [-0.2, -0.15) is 0 Å². The van der Waals surface area contributed by atoms with E-state index >= 15 is 0 Å². The molecule has 0 aliphatic heterocycles. The average Bonchev–Trinajstić information content (AvgIpc) is 2.26. The third-order valence-corrected chi connectivity index (χ3v) is 1.96. The zero-order valence-electron chi connectivity index (χ0n) is 9.74. The molecule has 1 aromatic rings. The second-order valence-electron chi connectivity index (χ2n) is 3.18. The third kappa shape index (κ3) is 9.18. The van der Waals surface area contributed by atoms with Crippen LogP contribution < -0.4 is 10.6 Å². The van der Waals surface area contributed by atoms with Gasteiger partial charge in [-0.25, -0.2) is 4.39 Å². The molecule has 0 atom stereocenters. The summed E-state index contributed by atoms with van der Waals surface area (Å²) in [6.07, 6.45) is 0. The third-order valence-electron chi connectivity index (χ3n) is 1.96. The lowest BCUT2D eigenvalue weighted by atomic mass is 10.3. The van der Waals surface area contributed by atoms with Gasteiger partial charge in [-0.3, -0.25) is 0 Å². The second kappa shape index (κ2) is 11.9. The van der Waals surface area contributed by atoms with Crippen molar-refractivity contribution in [2.75, 3.05) is 38.7 Å². The first-order chi connectivity index (χ1) is 7.33. The van der Waals surface area contributed by atoms with E-state index in [9.17, 15) is 4.39 Å². The fourth-order valence-corrected chi connectivity index (χ4v) is 1.16. The van der Waals surface area contributed by atoms with Crippen LogP contribution in [0.4, 0.5) is 10.1 Å². The van der Waals surface area contributed by atoms with E-state index < -0.39 is 0 Å². The molecule has 0 fully saturated rings. The zero-order valence-corrected chi connectivity index (χ0v) is 11.4. The Labute approximate surface area is 114 Å². The van der Waals surface area contributed by atoms with E-state index in [0.29, 0.717) is 0 Å². The topological polar surface area (TPSA) is 33.3 Å². The maximum Gasteiger partial charge on any atom is 0.123 e. The van der Waals surface area contributed by atoms with Crippen LogP contribution in [0.15, 0.2) is 24.3 Å². The lowest BCUT2D eigenvalue weighted by Gasteiger charge is -2.07. The van der Waals surface area contributed by atoms with Crippen LogP contribution in [-0.4, -0.2) is 33.4 Å². The van der Waals surface area contributed by atoms with Gasteiger partial charge in [0.05, 0.1) is 6.61 Å². The number of ether oxygens (including phenoxy) is 1. The van der Waals surface area contributed by atoms with Crippen LogP contribution in [0.25, 0.3) is 0 Å². The van der Waals surface area contributed by atoms with Crippen LogP contribution >= 0.6 is 24.8 Å². The van der Waals surface area contributed by atoms with E-state index in [4.69, 9.17) is 4.74 Å². The molecule has 17 heavy (non-hydrogen) atoms. The molecule has 0 aliphatic carbocycles. The molecule has 0 unspecified atom stereocenters. The molecule has 0 spiro atoms. The van der Waals surface area contributed by atoms with Gasteiger partial charge in [0.2, 0.25) is 0 Å². The first-order valence-electron chi connectivity index (χ1n) is 5.02. The monoisotopic (exact) mass is 284 g/mol. The molecule has 0 aromatic heterocycles. The lowest BCUT2D eigenvalue weighted by molar-refractivity contribution is 0.200. The molecule has 0 radical (unpaired) electrons. The average molecular weight is 285 g/mol. The summed E-state index contributed by atoms with van der Waals surface area (Å²) in [5.74, 6) is -0.209. The molecule has 0 saturated carbocycles. The van der Waals surface area contributed by atoms with Crippen LogP contribution in [0, 0.1) is 5.82 Å². The minimum absolute atomic E-state index is 0. The second-order valence-corrected chi connectivity index (χ2v) is 3.18. The van der Waals surface area contributed by atoms with Crippen molar-refractivity contribution in [2.24, 2.45) is 0 Å². The molecule has 100 valence electrons. The summed E-state index contributed by atoms with van der Waals surface area (Å²) in [5, 5.41) is 6.39. The maximum atomic E-state index is 12.6. The Morgan fingerprint density at radius 2 is 1.71 bits per heavy atom. The van der Waals surface area contributed by atoms with Gasteiger partial charge < -0.3 is 15.4 Å². The Balaban J connectivity index is 0. The van der Waals surface area contributed by atoms with Gasteiger partial charge in [-0.15, -0.1) is 24.8 Å². The molecule has 0 heterocycles. The van der Waals surface area contributed by atoms with Gasteiger partial charge in [0.25, 0.3) is 0 Å². The zero-order chi connectivity index (χ0) is 10.9. The van der Waals surface area contributed by atoms with Gasteiger partial charge in [0.1, 0.15) is 5.82 Å². The number of hydrogen-bond acceptors (Lipinski definition) is 3. The van der Waals surface area contributed by atoms with Gasteiger partial charge in [0.15, 0.2) is 0 Å². The SMILES string of the molecule is COCCNCCNc1ccc(F)cc1.Cl.Cl. The number of halogens is 3. The van der Waals surface area contributed by atoms with Crippen molar-refractivity contribution in [3.8, 4) is 0 Å². The highest BCUT2D eigenvalue weighted by Gasteiger charge is 1.92. The van der Waals surface area contributed by atoms with E-state index in [0.717, 1.165) is 31.9 Å². The van der Waals surface area contributed by atoms with E-state index in [1.54, 1.807) is 19.2 Å². The summed E-state index contributed by atoms with van der Waals surface area (Å²) in [5.41, 5.74) is 0.935. The number of rotatable bonds is 7. The molecule has 1 rings (SSSR count). The Morgan fingerprint density at radius 1 is 1.06 bits per heavy atom. The van der Waals surface area contributed by atoms with Gasteiger partial charge >= 0.3 is 0 Å². The van der Waals surface area contributed by atoms with Crippen LogP contribution in [0.1, 0.15) is 0 Å². The molecule has 2 N–H and O–H groups in total. The van der Waals surface area contributed by atoms with Crippen molar-refractivity contribution in [3.05, 3.63) is 30.1 Å². The summed E-state index contributed by atoms with van der Waals surface area (Å²) >= 11 is 0. The van der Waals surface area contributed by atoms with Crippen LogP contribution in [0.3, 0.4) is 0 Å². The summed E-state index contributed by atoms with van der Waals surface area (Å²) in [4.78, 5) is 0. The Bertz CT molecular complexity index is 273. The van der Waals surface area contributed by atoms with Crippen LogP contribution in [0.2, 0.25) is 0 Å². The first kappa shape index (κ1) is 18.8. The first-order valence-corrected chi connectivity index (χ1v) is 5.02. The Kier molecular flexibility index (Phi) is 13.2. The predicted molar refractivity (Wildman–Crippen MR) is 74.1 cm³/mol. The van der Waals surface area contributed by atoms with Gasteiger partial charge in [0, 0.05) is 32.4 Å². The van der Waals surface area contributed by atoms with Crippen molar-refractivity contribution in [1.29, 1.82) is 0 Å². The molecule has 0 saturated heterocycles. The van der Waals surface area contributed by atoms with E-state index in [1.165, 1.54) is 12.1 Å². The highest BCUT2D eigenvalue weighted by molar-refractivity contribution is 5.85. The highest BCUT2D eigenvalue weighted by Crippen LogP contribution is 2.06. The van der Waals surface area contributed by atoms with Crippen molar-refractivity contribution in [3.63, 3.8) is 0 Å². The number of anilines is 1. The van der Waals surface area contributed by atoms with Crippen molar-refractivity contribution < 1.29 is 9.13 Å². The summed E-state index contributed by atoms with van der Waals surface area (Å²) in [7, 11) is 1.68. The fraction of sp³-hybridized carbons (Fsp3) is 0.455. The highest BCUT2D eigenvalue weighted by atomic mass is 35.5. The van der Waals surface area contributed by atoms with Crippen LogP contribution in [0.5, 0.6) is 0 Å². The normalized spacial score (nSPS) is 9.06. The van der Waals surface area contributed by atoms with Crippen molar-refractivity contribution >= 4 is 30.5 Å². The molecule has 3 nitrogen and oxygen atoms in total. The van der Waals surface area contributed by atoms with Gasteiger partial charge in [-0.1, -0.05) is 0 Å². The quantitative estimate of drug-likeness (QED) is 0.754. The molecule has 6 heteroatoms. The minimum atomic E-state index is -0.209. The summed E-state index contributed by atoms with van der Waals surface area (Å²) in [6.45, 7) is 3.24. The standard InChI is InChI=1S/C11H17FN2O.2ClH/c1-15-9-8-13-6-7-14-11-4-2-10(12)3-5-11;;/h2-5,13-14H,6-9H2,1H3;2*1H. The van der Waals surface area contributed by atoms with E-state index in [1.807, 2.05) is 0 Å². The largest absolute Gasteiger partial charge is 0.384 e. The number of hydrogen-bond donors (Lipinski definition) is 2. The molecule has 0 amide bonds. The van der Waals surface area contributed by atoms with Crippen molar-refractivity contribution in [1.82, 2.24) is 5.32 Å². The Hall–Kier alpha value is -0.550.